The Kier molecular flexibility index (Phi) is 26.9. The minimum atomic E-state index is -0.556. The SMILES string of the molecule is Cc1cc(CN(CCN(C)C)Cc2cc(C(C)C)c(O)c(C(C)C)c2)cc(C(C)C)c1O.[CH3-].[CH3-].[Cl][Ti][Cl].[Cl][Ti][Cl]. The summed E-state index contributed by atoms with van der Waals surface area (Å²) in [5.41, 5.74) is 6.49. The Labute approximate surface area is 279 Å². The van der Waals surface area contributed by atoms with E-state index in [-0.39, 0.29) is 32.6 Å². The van der Waals surface area contributed by atoms with Crippen molar-refractivity contribution in [2.75, 3.05) is 27.2 Å². The monoisotopic (exact) mass is 706 g/mol. The molecule has 0 aromatic heterocycles. The molecule has 0 spiro atoms. The summed E-state index contributed by atoms with van der Waals surface area (Å²) in [6, 6.07) is 8.62. The number of benzene rings is 2. The molecule has 230 valence electrons. The zero-order valence-corrected chi connectivity index (χ0v) is 32.3. The summed E-state index contributed by atoms with van der Waals surface area (Å²) in [4.78, 5) is 4.68. The molecule has 0 radical (unpaired) electrons. The van der Waals surface area contributed by atoms with Crippen molar-refractivity contribution in [3.8, 4) is 11.5 Å². The summed E-state index contributed by atoms with van der Waals surface area (Å²) in [6.07, 6.45) is 0. The molecule has 0 saturated heterocycles. The Bertz CT molecular complexity index is 931. The molecule has 0 unspecified atom stereocenters. The topological polar surface area (TPSA) is 46.9 Å². The fourth-order valence-corrected chi connectivity index (χ4v) is 4.20. The van der Waals surface area contributed by atoms with Gasteiger partial charge in [-0.1, -0.05) is 65.8 Å². The predicted molar refractivity (Wildman–Crippen MR) is 172 cm³/mol. The van der Waals surface area contributed by atoms with Crippen molar-refractivity contribution in [1.82, 2.24) is 9.80 Å². The molecule has 0 saturated carbocycles. The number of phenolic OH excluding ortho intramolecular Hbond substituents is 2. The first-order chi connectivity index (χ1) is 17.7. The Hall–Kier alpha value is 0.549. The third kappa shape index (κ3) is 16.4. The first-order valence-electron chi connectivity index (χ1n) is 12.7. The number of halogens is 4. The van der Waals surface area contributed by atoms with Crippen molar-refractivity contribution in [2.45, 2.75) is 79.3 Å². The molecule has 0 aliphatic carbocycles. The van der Waals surface area contributed by atoms with Crippen molar-refractivity contribution in [2.24, 2.45) is 0 Å². The number of phenols is 2. The summed E-state index contributed by atoms with van der Waals surface area (Å²) < 4.78 is 0. The van der Waals surface area contributed by atoms with Gasteiger partial charge in [0.2, 0.25) is 0 Å². The molecule has 2 aromatic rings. The zero-order valence-electron chi connectivity index (χ0n) is 26.2. The second-order valence-electron chi connectivity index (χ2n) is 10.6. The van der Waals surface area contributed by atoms with E-state index in [9.17, 15) is 10.2 Å². The standard InChI is InChI=1S/C28H44N2O2.2CH3.4ClH.2Ti/c1-18(2)24-13-22(12-21(7)27(24)31)16-30(11-10-29(8)9)17-23-14-25(19(3)4)28(32)26(15-23)20(5)6;;;;;;;;/h12-15,18-20,31-32H,10-11,16-17H2,1-9H3;2*1H3;4*1H;;/q;2*-1;;;;;2*+2/p-4. The Morgan fingerprint density at radius 1 is 0.650 bits per heavy atom. The van der Waals surface area contributed by atoms with Gasteiger partial charge in [-0.2, -0.15) is 0 Å². The van der Waals surface area contributed by atoms with Crippen LogP contribution in [0.25, 0.3) is 0 Å². The van der Waals surface area contributed by atoms with Gasteiger partial charge in [0.25, 0.3) is 0 Å². The predicted octanol–water partition coefficient (Wildman–Crippen LogP) is 9.99. The van der Waals surface area contributed by atoms with E-state index in [1.165, 1.54) is 11.1 Å². The van der Waals surface area contributed by atoms with Gasteiger partial charge in [-0.15, -0.1) is 0 Å². The second-order valence-corrected chi connectivity index (χ2v) is 15.8. The summed E-state index contributed by atoms with van der Waals surface area (Å²) >= 11 is -1.11. The summed E-state index contributed by atoms with van der Waals surface area (Å²) in [7, 11) is 23.8. The van der Waals surface area contributed by atoms with E-state index in [2.05, 4.69) is 89.7 Å². The van der Waals surface area contributed by atoms with E-state index in [4.69, 9.17) is 37.2 Å². The molecule has 0 fully saturated rings. The maximum absolute atomic E-state index is 10.8. The van der Waals surface area contributed by atoms with Crippen molar-refractivity contribution >= 4 is 37.2 Å². The third-order valence-corrected chi connectivity index (χ3v) is 6.16. The number of rotatable bonds is 10. The number of aryl methyl sites for hydroxylation is 1. The fourth-order valence-electron chi connectivity index (χ4n) is 4.20. The molecular weight excluding hydrogens is 658 g/mol. The molecule has 0 aliphatic rings. The number of nitrogens with zero attached hydrogens (tertiary/aromatic N) is 2. The van der Waals surface area contributed by atoms with Gasteiger partial charge in [-0.3, -0.25) is 4.90 Å². The molecule has 10 heteroatoms. The second kappa shape index (κ2) is 23.9. The van der Waals surface area contributed by atoms with E-state index >= 15 is 0 Å². The van der Waals surface area contributed by atoms with Gasteiger partial charge in [0.1, 0.15) is 11.5 Å². The Morgan fingerprint density at radius 2 is 0.975 bits per heavy atom. The molecule has 0 heterocycles. The van der Waals surface area contributed by atoms with Crippen LogP contribution < -0.4 is 0 Å². The van der Waals surface area contributed by atoms with E-state index in [0.29, 0.717) is 11.5 Å². The average Bonchev–Trinajstić information content (AvgIpc) is 2.81. The van der Waals surface area contributed by atoms with Gasteiger partial charge < -0.3 is 30.0 Å². The van der Waals surface area contributed by atoms with Gasteiger partial charge in [0, 0.05) is 26.2 Å². The van der Waals surface area contributed by atoms with Gasteiger partial charge in [0.05, 0.1) is 0 Å². The van der Waals surface area contributed by atoms with Crippen LogP contribution in [-0.4, -0.2) is 47.2 Å². The van der Waals surface area contributed by atoms with Crippen LogP contribution in [0.15, 0.2) is 24.3 Å². The summed E-state index contributed by atoms with van der Waals surface area (Å²) in [5.74, 6) is 1.70. The molecule has 2 N–H and O–H groups in total. The number of aromatic hydroxyl groups is 2. The van der Waals surface area contributed by atoms with Crippen LogP contribution in [0.1, 0.15) is 92.7 Å². The van der Waals surface area contributed by atoms with Crippen molar-refractivity contribution in [1.29, 1.82) is 0 Å². The summed E-state index contributed by atoms with van der Waals surface area (Å²) in [5, 5.41) is 21.3. The molecule has 4 nitrogen and oxygen atoms in total. The number of hydrogen-bond acceptors (Lipinski definition) is 4. The normalized spacial score (nSPS) is 10.4. The van der Waals surface area contributed by atoms with Gasteiger partial charge >= 0.3 is 71.3 Å². The molecule has 40 heavy (non-hydrogen) atoms. The van der Waals surface area contributed by atoms with E-state index < -0.39 is 34.1 Å². The van der Waals surface area contributed by atoms with E-state index in [1.807, 2.05) is 6.92 Å². The van der Waals surface area contributed by atoms with Gasteiger partial charge in [-0.05, 0) is 72.2 Å². The van der Waals surface area contributed by atoms with E-state index in [1.54, 1.807) is 0 Å². The quantitative estimate of drug-likeness (QED) is 0.191. The van der Waals surface area contributed by atoms with E-state index in [0.717, 1.165) is 48.4 Å². The van der Waals surface area contributed by atoms with Crippen molar-refractivity contribution in [3.05, 3.63) is 72.5 Å². The molecule has 0 bridgehead atoms. The fraction of sp³-hybridized carbons (Fsp3) is 0.533. The molecule has 0 aliphatic heterocycles. The Morgan fingerprint density at radius 3 is 1.30 bits per heavy atom. The molecule has 0 amide bonds. The van der Waals surface area contributed by atoms with Crippen molar-refractivity contribution in [3.63, 3.8) is 0 Å². The Balaban J connectivity index is -0.00000157. The molecule has 2 rings (SSSR count). The minimum absolute atomic E-state index is 0. The first-order valence-corrected chi connectivity index (χ1v) is 21.3. The maximum atomic E-state index is 10.8. The van der Waals surface area contributed by atoms with Crippen LogP contribution in [0, 0.1) is 21.8 Å². The van der Waals surface area contributed by atoms with Crippen molar-refractivity contribution < 1.29 is 44.3 Å². The molecular formula is C30H50Cl4N2O2Ti2-2. The first kappa shape index (κ1) is 45.0. The molecule has 0 atom stereocenters. The van der Waals surface area contributed by atoms with Crippen LogP contribution in [-0.2, 0) is 47.2 Å². The number of likely N-dealkylation sites (N-methyl/N-ethyl adjacent to an activating group) is 1. The molecule has 2 aromatic carbocycles. The average molecular weight is 708 g/mol. The van der Waals surface area contributed by atoms with Crippen LogP contribution in [0.4, 0.5) is 0 Å². The van der Waals surface area contributed by atoms with Crippen LogP contribution >= 0.6 is 37.2 Å². The number of hydrogen-bond donors (Lipinski definition) is 2. The zero-order chi connectivity index (χ0) is 29.6. The van der Waals surface area contributed by atoms with Crippen LogP contribution in [0.3, 0.4) is 0 Å². The van der Waals surface area contributed by atoms with Crippen LogP contribution in [0.2, 0.25) is 0 Å². The third-order valence-electron chi connectivity index (χ3n) is 6.16. The summed E-state index contributed by atoms with van der Waals surface area (Å²) in [6.45, 7) is 18.3. The van der Waals surface area contributed by atoms with Gasteiger partial charge in [0.15, 0.2) is 0 Å². The van der Waals surface area contributed by atoms with Gasteiger partial charge in [-0.25, -0.2) is 0 Å². The van der Waals surface area contributed by atoms with Crippen LogP contribution in [0.5, 0.6) is 11.5 Å².